The molecule has 0 aromatic carbocycles. The SMILES string of the molecule is COC1CO[C@H]2[C@@H]1OC[C@H]2OC(C)=O.CO[C@@H]1CO[C@H]2[C@@H]1OC[C@H]2OC(C)=O.CO[C@H]1CO[C@H]2[C@@H]1OC[C@@H]2OC(C)=O. The first-order valence-electron chi connectivity index (χ1n) is 14.0. The van der Waals surface area contributed by atoms with Gasteiger partial charge in [-0.2, -0.15) is 0 Å². The molecular formula is C27H42O15. The zero-order valence-electron chi connectivity index (χ0n) is 24.8. The zero-order valence-corrected chi connectivity index (χ0v) is 24.8. The van der Waals surface area contributed by atoms with E-state index in [1.54, 1.807) is 21.3 Å². The third-order valence-electron chi connectivity index (χ3n) is 7.75. The molecule has 0 aliphatic carbocycles. The Morgan fingerprint density at radius 3 is 0.786 bits per heavy atom. The number of esters is 3. The van der Waals surface area contributed by atoms with Gasteiger partial charge in [0.15, 0.2) is 18.3 Å². The average molecular weight is 607 g/mol. The van der Waals surface area contributed by atoms with Gasteiger partial charge < -0.3 is 56.8 Å². The zero-order chi connectivity index (χ0) is 30.4. The molecule has 15 heteroatoms. The van der Waals surface area contributed by atoms with E-state index in [9.17, 15) is 14.4 Å². The highest BCUT2D eigenvalue weighted by molar-refractivity contribution is 5.67. The Morgan fingerprint density at radius 1 is 0.405 bits per heavy atom. The summed E-state index contributed by atoms with van der Waals surface area (Å²) >= 11 is 0. The lowest BCUT2D eigenvalue weighted by molar-refractivity contribution is -0.151. The summed E-state index contributed by atoms with van der Waals surface area (Å²) in [6.45, 7) is 6.86. The van der Waals surface area contributed by atoms with Gasteiger partial charge in [0.1, 0.15) is 54.9 Å². The van der Waals surface area contributed by atoms with E-state index in [0.717, 1.165) is 0 Å². The molecule has 6 rings (SSSR count). The van der Waals surface area contributed by atoms with Crippen LogP contribution >= 0.6 is 0 Å². The molecular weight excluding hydrogens is 564 g/mol. The number of hydrogen-bond acceptors (Lipinski definition) is 15. The summed E-state index contributed by atoms with van der Waals surface area (Å²) in [5.74, 6) is -0.906. The van der Waals surface area contributed by atoms with Gasteiger partial charge in [0.2, 0.25) is 0 Å². The fourth-order valence-corrected chi connectivity index (χ4v) is 5.84. The van der Waals surface area contributed by atoms with E-state index in [2.05, 4.69) is 0 Å². The predicted octanol–water partition coefficient (Wildman–Crippen LogP) is -0.808. The van der Waals surface area contributed by atoms with Crippen molar-refractivity contribution in [3.05, 3.63) is 0 Å². The molecule has 0 aromatic rings. The van der Waals surface area contributed by atoms with Crippen LogP contribution in [0.1, 0.15) is 20.8 Å². The second-order valence-electron chi connectivity index (χ2n) is 10.6. The maximum Gasteiger partial charge on any atom is 0.303 e. The van der Waals surface area contributed by atoms with Crippen LogP contribution in [0, 0.1) is 0 Å². The molecule has 240 valence electrons. The summed E-state index contributed by atoms with van der Waals surface area (Å²) in [5.41, 5.74) is 0. The molecule has 6 aliphatic rings. The minimum Gasteiger partial charge on any atom is -0.457 e. The predicted molar refractivity (Wildman–Crippen MR) is 137 cm³/mol. The van der Waals surface area contributed by atoms with Crippen molar-refractivity contribution in [3.8, 4) is 0 Å². The minimum atomic E-state index is -0.302. The van der Waals surface area contributed by atoms with Crippen LogP contribution in [-0.4, -0.2) is 152 Å². The largest absolute Gasteiger partial charge is 0.457 e. The summed E-state index contributed by atoms with van der Waals surface area (Å²) in [6, 6.07) is 0. The lowest BCUT2D eigenvalue weighted by Crippen LogP contribution is -2.34. The number of fused-ring (bicyclic) bond motifs is 3. The Balaban J connectivity index is 0.000000145. The van der Waals surface area contributed by atoms with Crippen LogP contribution in [0.5, 0.6) is 0 Å². The lowest BCUT2D eigenvalue weighted by atomic mass is 10.1. The van der Waals surface area contributed by atoms with Gasteiger partial charge in [0, 0.05) is 42.1 Å². The smallest absolute Gasteiger partial charge is 0.303 e. The van der Waals surface area contributed by atoms with Crippen LogP contribution in [0.4, 0.5) is 0 Å². The molecule has 6 heterocycles. The molecule has 0 N–H and O–H groups in total. The van der Waals surface area contributed by atoms with E-state index in [-0.39, 0.29) is 91.2 Å². The third kappa shape index (κ3) is 7.76. The quantitative estimate of drug-likeness (QED) is 0.272. The molecule has 42 heavy (non-hydrogen) atoms. The summed E-state index contributed by atoms with van der Waals surface area (Å²) in [4.78, 5) is 32.3. The summed E-state index contributed by atoms with van der Waals surface area (Å²) < 4.78 is 63.6. The molecule has 6 saturated heterocycles. The van der Waals surface area contributed by atoms with E-state index in [1.807, 2.05) is 0 Å². The molecule has 0 spiro atoms. The molecule has 0 aromatic heterocycles. The normalized spacial score (nSPS) is 41.0. The first-order chi connectivity index (χ1) is 20.2. The van der Waals surface area contributed by atoms with E-state index in [4.69, 9.17) is 56.8 Å². The van der Waals surface area contributed by atoms with Gasteiger partial charge in [0.05, 0.1) is 39.6 Å². The molecule has 12 atom stereocenters. The fourth-order valence-electron chi connectivity index (χ4n) is 5.84. The van der Waals surface area contributed by atoms with Gasteiger partial charge in [0.25, 0.3) is 0 Å². The minimum absolute atomic E-state index is 0.0411. The molecule has 0 amide bonds. The molecule has 0 bridgehead atoms. The Kier molecular flexibility index (Phi) is 11.9. The highest BCUT2D eigenvalue weighted by Gasteiger charge is 2.51. The topological polar surface area (TPSA) is 162 Å². The van der Waals surface area contributed by atoms with Gasteiger partial charge in [-0.25, -0.2) is 0 Å². The first-order valence-corrected chi connectivity index (χ1v) is 14.0. The summed E-state index contributed by atoms with van der Waals surface area (Å²) in [5, 5.41) is 0. The number of methoxy groups -OCH3 is 3. The maximum absolute atomic E-state index is 10.8. The van der Waals surface area contributed by atoms with Crippen LogP contribution in [0.15, 0.2) is 0 Å². The Bertz CT molecular complexity index is 802. The van der Waals surface area contributed by atoms with Crippen molar-refractivity contribution in [1.29, 1.82) is 0 Å². The van der Waals surface area contributed by atoms with Crippen LogP contribution in [0.25, 0.3) is 0 Å². The first kappa shape index (κ1) is 33.0. The number of hydrogen-bond donors (Lipinski definition) is 0. The number of ether oxygens (including phenoxy) is 12. The Morgan fingerprint density at radius 2 is 0.595 bits per heavy atom. The molecule has 0 radical (unpaired) electrons. The fraction of sp³-hybridized carbons (Fsp3) is 0.889. The van der Waals surface area contributed by atoms with Crippen molar-refractivity contribution >= 4 is 17.9 Å². The van der Waals surface area contributed by atoms with Crippen molar-refractivity contribution in [2.24, 2.45) is 0 Å². The summed E-state index contributed by atoms with van der Waals surface area (Å²) in [6.07, 6.45) is -1.73. The van der Waals surface area contributed by atoms with E-state index >= 15 is 0 Å². The lowest BCUT2D eigenvalue weighted by Gasteiger charge is -2.15. The molecule has 6 aliphatic heterocycles. The van der Waals surface area contributed by atoms with Crippen LogP contribution in [0.3, 0.4) is 0 Å². The van der Waals surface area contributed by atoms with Crippen molar-refractivity contribution in [2.45, 2.75) is 94.0 Å². The van der Waals surface area contributed by atoms with Crippen molar-refractivity contribution in [1.82, 2.24) is 0 Å². The van der Waals surface area contributed by atoms with Crippen LogP contribution in [-0.2, 0) is 71.2 Å². The van der Waals surface area contributed by atoms with Crippen molar-refractivity contribution < 1.29 is 71.2 Å². The van der Waals surface area contributed by atoms with Gasteiger partial charge >= 0.3 is 17.9 Å². The van der Waals surface area contributed by atoms with E-state index in [1.165, 1.54) is 20.8 Å². The number of carbonyl (C=O) groups is 3. The molecule has 0 saturated carbocycles. The van der Waals surface area contributed by atoms with Crippen molar-refractivity contribution in [3.63, 3.8) is 0 Å². The highest BCUT2D eigenvalue weighted by atomic mass is 16.7. The highest BCUT2D eigenvalue weighted by Crippen LogP contribution is 2.32. The molecule has 15 nitrogen and oxygen atoms in total. The number of carbonyl (C=O) groups excluding carboxylic acids is 3. The Hall–Kier alpha value is -1.95. The third-order valence-corrected chi connectivity index (χ3v) is 7.75. The average Bonchev–Trinajstić information content (AvgIpc) is 3.77. The van der Waals surface area contributed by atoms with Gasteiger partial charge in [-0.1, -0.05) is 0 Å². The van der Waals surface area contributed by atoms with Crippen LogP contribution in [0.2, 0.25) is 0 Å². The monoisotopic (exact) mass is 606 g/mol. The molecule has 1 unspecified atom stereocenters. The van der Waals surface area contributed by atoms with Gasteiger partial charge in [-0.3, -0.25) is 14.4 Å². The van der Waals surface area contributed by atoms with Gasteiger partial charge in [-0.15, -0.1) is 0 Å². The van der Waals surface area contributed by atoms with Crippen LogP contribution < -0.4 is 0 Å². The van der Waals surface area contributed by atoms with Gasteiger partial charge in [-0.05, 0) is 0 Å². The second-order valence-corrected chi connectivity index (χ2v) is 10.6. The maximum atomic E-state index is 10.8. The molecule has 6 fully saturated rings. The van der Waals surface area contributed by atoms with E-state index < -0.39 is 0 Å². The van der Waals surface area contributed by atoms with Crippen molar-refractivity contribution in [2.75, 3.05) is 61.0 Å². The summed E-state index contributed by atoms with van der Waals surface area (Å²) in [7, 11) is 4.87. The second kappa shape index (κ2) is 15.2. The Labute approximate surface area is 244 Å². The van der Waals surface area contributed by atoms with E-state index in [0.29, 0.717) is 39.6 Å². The standard InChI is InChI=1S/3C9H14O5/c3*1-5(10)14-7-4-13-8-6(11-2)3-12-9(7)8/h3*6-9H,3-4H2,1-2H3/t6?,7-,8-,9-;6-,7-,8+,9+;6-,7-,8-,9-/m101/s1. The number of rotatable bonds is 6.